The Kier molecular flexibility index (Phi) is 7.64. The van der Waals surface area contributed by atoms with Gasteiger partial charge in [0, 0.05) is 59.5 Å². The molecule has 0 unspecified atom stereocenters. The SMILES string of the molecule is COc1cccc(CCN(CCC(=O)N2CCN(C(C)=O)CC2)C(C)=O)c1. The van der Waals surface area contributed by atoms with Gasteiger partial charge in [-0.15, -0.1) is 0 Å². The third kappa shape index (κ3) is 6.27. The molecule has 1 saturated heterocycles. The number of rotatable bonds is 7. The molecule has 0 aromatic heterocycles. The van der Waals surface area contributed by atoms with Crippen molar-refractivity contribution in [3.8, 4) is 5.75 Å². The average molecular weight is 375 g/mol. The Labute approximate surface area is 160 Å². The summed E-state index contributed by atoms with van der Waals surface area (Å²) in [5.74, 6) is 0.835. The lowest BCUT2D eigenvalue weighted by atomic mass is 10.1. The van der Waals surface area contributed by atoms with Gasteiger partial charge in [-0.1, -0.05) is 12.1 Å². The van der Waals surface area contributed by atoms with Crippen molar-refractivity contribution in [2.75, 3.05) is 46.4 Å². The molecule has 0 spiro atoms. The normalized spacial score (nSPS) is 14.0. The molecule has 2 rings (SSSR count). The summed E-state index contributed by atoms with van der Waals surface area (Å²) in [6.45, 7) is 6.32. The van der Waals surface area contributed by atoms with Gasteiger partial charge in [0.05, 0.1) is 7.11 Å². The second-order valence-corrected chi connectivity index (χ2v) is 6.74. The minimum absolute atomic E-state index is 0.0332. The first-order valence-electron chi connectivity index (χ1n) is 9.32. The molecule has 7 nitrogen and oxygen atoms in total. The standard InChI is InChI=1S/C20H29N3O4/c1-16(24)21(9-7-18-5-4-6-19(15-18)27-3)10-8-20(26)23-13-11-22(12-14-23)17(2)25/h4-6,15H,7-14H2,1-3H3. The molecule has 1 aliphatic heterocycles. The molecule has 27 heavy (non-hydrogen) atoms. The van der Waals surface area contributed by atoms with Gasteiger partial charge in [-0.25, -0.2) is 0 Å². The summed E-state index contributed by atoms with van der Waals surface area (Å²) in [7, 11) is 1.63. The molecule has 1 aromatic rings. The number of carbonyl (C=O) groups is 3. The van der Waals surface area contributed by atoms with E-state index in [4.69, 9.17) is 4.74 Å². The quantitative estimate of drug-likeness (QED) is 0.717. The van der Waals surface area contributed by atoms with E-state index in [1.54, 1.807) is 28.7 Å². The Morgan fingerprint density at radius 2 is 1.70 bits per heavy atom. The Morgan fingerprint density at radius 3 is 2.30 bits per heavy atom. The Morgan fingerprint density at radius 1 is 1.04 bits per heavy atom. The summed E-state index contributed by atoms with van der Waals surface area (Å²) in [5, 5.41) is 0. The highest BCUT2D eigenvalue weighted by atomic mass is 16.5. The molecule has 1 aliphatic rings. The number of nitrogens with zero attached hydrogens (tertiary/aromatic N) is 3. The Balaban J connectivity index is 1.81. The first-order chi connectivity index (χ1) is 12.9. The van der Waals surface area contributed by atoms with E-state index < -0.39 is 0 Å². The van der Waals surface area contributed by atoms with Crippen LogP contribution in [0, 0.1) is 0 Å². The van der Waals surface area contributed by atoms with Crippen molar-refractivity contribution in [3.63, 3.8) is 0 Å². The van der Waals surface area contributed by atoms with Crippen molar-refractivity contribution in [1.82, 2.24) is 14.7 Å². The minimum atomic E-state index is -0.0351. The van der Waals surface area contributed by atoms with Crippen molar-refractivity contribution >= 4 is 17.7 Å². The molecule has 3 amide bonds. The Bertz CT molecular complexity index is 669. The first kappa shape index (κ1) is 20.7. The van der Waals surface area contributed by atoms with E-state index >= 15 is 0 Å². The highest BCUT2D eigenvalue weighted by molar-refractivity contribution is 5.79. The van der Waals surface area contributed by atoms with E-state index in [-0.39, 0.29) is 17.7 Å². The van der Waals surface area contributed by atoms with Crippen LogP contribution in [-0.2, 0) is 20.8 Å². The van der Waals surface area contributed by atoms with E-state index in [1.807, 2.05) is 24.3 Å². The molecule has 7 heteroatoms. The molecule has 0 bridgehead atoms. The monoisotopic (exact) mass is 375 g/mol. The summed E-state index contributed by atoms with van der Waals surface area (Å²) in [5.41, 5.74) is 1.09. The van der Waals surface area contributed by atoms with E-state index in [9.17, 15) is 14.4 Å². The molecule has 0 N–H and O–H groups in total. The smallest absolute Gasteiger partial charge is 0.224 e. The molecule has 1 heterocycles. The van der Waals surface area contributed by atoms with E-state index in [0.29, 0.717) is 52.1 Å². The van der Waals surface area contributed by atoms with Gasteiger partial charge >= 0.3 is 0 Å². The maximum Gasteiger partial charge on any atom is 0.224 e. The van der Waals surface area contributed by atoms with Crippen LogP contribution >= 0.6 is 0 Å². The van der Waals surface area contributed by atoms with E-state index in [2.05, 4.69) is 0 Å². The van der Waals surface area contributed by atoms with Crippen molar-refractivity contribution in [1.29, 1.82) is 0 Å². The van der Waals surface area contributed by atoms with Crippen molar-refractivity contribution in [3.05, 3.63) is 29.8 Å². The second kappa shape index (κ2) is 9.94. The lowest BCUT2D eigenvalue weighted by molar-refractivity contribution is -0.139. The summed E-state index contributed by atoms with van der Waals surface area (Å²) >= 11 is 0. The highest BCUT2D eigenvalue weighted by Gasteiger charge is 2.22. The number of piperazine rings is 1. The third-order valence-electron chi connectivity index (χ3n) is 4.92. The van der Waals surface area contributed by atoms with Crippen LogP contribution in [-0.4, -0.2) is 78.8 Å². The predicted molar refractivity (Wildman–Crippen MR) is 102 cm³/mol. The van der Waals surface area contributed by atoms with Gasteiger partial charge in [-0.3, -0.25) is 14.4 Å². The molecule has 0 atom stereocenters. The van der Waals surface area contributed by atoms with Gasteiger partial charge in [-0.05, 0) is 24.1 Å². The Hall–Kier alpha value is -2.57. The number of carbonyl (C=O) groups excluding carboxylic acids is 3. The molecule has 0 saturated carbocycles. The summed E-state index contributed by atoms with van der Waals surface area (Å²) < 4.78 is 5.22. The zero-order valence-electron chi connectivity index (χ0n) is 16.4. The van der Waals surface area contributed by atoms with Gasteiger partial charge in [0.1, 0.15) is 5.75 Å². The first-order valence-corrected chi connectivity index (χ1v) is 9.32. The predicted octanol–water partition coefficient (Wildman–Crippen LogP) is 1.17. The molecule has 1 fully saturated rings. The maximum atomic E-state index is 12.4. The van der Waals surface area contributed by atoms with Gasteiger partial charge in [-0.2, -0.15) is 0 Å². The highest BCUT2D eigenvalue weighted by Crippen LogP contribution is 2.13. The summed E-state index contributed by atoms with van der Waals surface area (Å²) in [6, 6.07) is 7.77. The van der Waals surface area contributed by atoms with Gasteiger partial charge in [0.25, 0.3) is 0 Å². The van der Waals surface area contributed by atoms with Crippen LogP contribution in [0.2, 0.25) is 0 Å². The van der Waals surface area contributed by atoms with Crippen LogP contribution < -0.4 is 4.74 Å². The zero-order chi connectivity index (χ0) is 19.8. The van der Waals surface area contributed by atoms with Crippen molar-refractivity contribution in [2.24, 2.45) is 0 Å². The van der Waals surface area contributed by atoms with E-state index in [0.717, 1.165) is 11.3 Å². The van der Waals surface area contributed by atoms with Crippen molar-refractivity contribution < 1.29 is 19.1 Å². The average Bonchev–Trinajstić information content (AvgIpc) is 2.67. The van der Waals surface area contributed by atoms with Gasteiger partial charge < -0.3 is 19.4 Å². The molecular weight excluding hydrogens is 346 g/mol. The number of hydrogen-bond donors (Lipinski definition) is 0. The van der Waals surface area contributed by atoms with Crippen LogP contribution in [0.1, 0.15) is 25.8 Å². The lowest BCUT2D eigenvalue weighted by Gasteiger charge is -2.34. The van der Waals surface area contributed by atoms with Crippen LogP contribution in [0.5, 0.6) is 5.75 Å². The lowest BCUT2D eigenvalue weighted by Crippen LogP contribution is -2.50. The summed E-state index contributed by atoms with van der Waals surface area (Å²) in [4.78, 5) is 41.0. The molecular formula is C20H29N3O4. The zero-order valence-corrected chi connectivity index (χ0v) is 16.4. The molecule has 0 radical (unpaired) electrons. The van der Waals surface area contributed by atoms with Crippen LogP contribution in [0.15, 0.2) is 24.3 Å². The largest absolute Gasteiger partial charge is 0.497 e. The number of benzene rings is 1. The molecule has 1 aromatic carbocycles. The fourth-order valence-electron chi connectivity index (χ4n) is 3.18. The fraction of sp³-hybridized carbons (Fsp3) is 0.550. The second-order valence-electron chi connectivity index (χ2n) is 6.74. The number of hydrogen-bond acceptors (Lipinski definition) is 4. The third-order valence-corrected chi connectivity index (χ3v) is 4.92. The number of amides is 3. The maximum absolute atomic E-state index is 12.4. The number of methoxy groups -OCH3 is 1. The van der Waals surface area contributed by atoms with Crippen LogP contribution in [0.25, 0.3) is 0 Å². The van der Waals surface area contributed by atoms with Gasteiger partial charge in [0.15, 0.2) is 0 Å². The van der Waals surface area contributed by atoms with Crippen LogP contribution in [0.4, 0.5) is 0 Å². The molecule has 0 aliphatic carbocycles. The van der Waals surface area contributed by atoms with E-state index in [1.165, 1.54) is 6.92 Å². The number of ether oxygens (including phenoxy) is 1. The topological polar surface area (TPSA) is 70.2 Å². The van der Waals surface area contributed by atoms with Crippen LogP contribution in [0.3, 0.4) is 0 Å². The van der Waals surface area contributed by atoms with Gasteiger partial charge in [0.2, 0.25) is 17.7 Å². The fourth-order valence-corrected chi connectivity index (χ4v) is 3.18. The minimum Gasteiger partial charge on any atom is -0.497 e. The summed E-state index contributed by atoms with van der Waals surface area (Å²) in [6.07, 6.45) is 1.01. The van der Waals surface area contributed by atoms with Crippen molar-refractivity contribution in [2.45, 2.75) is 26.7 Å². The molecule has 148 valence electrons.